The Morgan fingerprint density at radius 3 is 2.65 bits per heavy atom. The van der Waals surface area contributed by atoms with Gasteiger partial charge in [-0.15, -0.1) is 0 Å². The second-order valence-corrected chi connectivity index (χ2v) is 8.53. The fourth-order valence-electron chi connectivity index (χ4n) is 3.67. The molecular formula is C25H26N6O2S. The van der Waals surface area contributed by atoms with Crippen LogP contribution in [0.1, 0.15) is 41.2 Å². The van der Waals surface area contributed by atoms with Gasteiger partial charge in [-0.25, -0.2) is 20.4 Å². The minimum Gasteiger partial charge on any atom is -0.496 e. The summed E-state index contributed by atoms with van der Waals surface area (Å²) in [5.74, 6) is 2.07. The molecule has 9 heteroatoms. The second kappa shape index (κ2) is 10.5. The molecule has 1 N–H and O–H groups in total. The number of hydrogen-bond donors (Lipinski definition) is 1. The molecule has 0 fully saturated rings. The molecule has 0 saturated heterocycles. The summed E-state index contributed by atoms with van der Waals surface area (Å²) >= 11 is 1.52. The number of imidazole rings is 1. The standard InChI is InChI=1S/C25H26N6O2S/c1-5-31-17(3)28-21-14-19(7-9-22(21)31)24(32)30-29-16(2)18-8-10-23(33-4)20(13-18)15-34-25-26-11-6-12-27-25/h6-14H,5,15H2,1-4H3,(H,30,32)/b29-16-. The fraction of sp³-hybridized carbons (Fsp3) is 0.240. The lowest BCUT2D eigenvalue weighted by Crippen LogP contribution is -2.19. The minimum absolute atomic E-state index is 0.282. The van der Waals surface area contributed by atoms with Crippen molar-refractivity contribution in [2.45, 2.75) is 38.2 Å². The third kappa shape index (κ3) is 5.09. The van der Waals surface area contributed by atoms with Crippen molar-refractivity contribution < 1.29 is 9.53 Å². The average Bonchev–Trinajstić information content (AvgIpc) is 3.20. The van der Waals surface area contributed by atoms with E-state index in [-0.39, 0.29) is 5.91 Å². The summed E-state index contributed by atoms with van der Waals surface area (Å²) < 4.78 is 7.62. The van der Waals surface area contributed by atoms with Crippen LogP contribution < -0.4 is 10.2 Å². The first-order valence-electron chi connectivity index (χ1n) is 10.9. The van der Waals surface area contributed by atoms with Crippen molar-refractivity contribution in [3.63, 3.8) is 0 Å². The molecule has 1 amide bonds. The molecule has 0 spiro atoms. The van der Waals surface area contributed by atoms with E-state index in [0.29, 0.717) is 22.2 Å². The normalized spacial score (nSPS) is 11.6. The molecule has 4 rings (SSSR count). The molecule has 0 aliphatic carbocycles. The van der Waals surface area contributed by atoms with Gasteiger partial charge in [-0.2, -0.15) is 5.10 Å². The van der Waals surface area contributed by atoms with E-state index < -0.39 is 0 Å². The van der Waals surface area contributed by atoms with Gasteiger partial charge in [0.2, 0.25) is 0 Å². The van der Waals surface area contributed by atoms with Crippen LogP contribution in [0.15, 0.2) is 65.1 Å². The third-order valence-electron chi connectivity index (χ3n) is 5.44. The van der Waals surface area contributed by atoms with Crippen LogP contribution in [-0.2, 0) is 12.3 Å². The van der Waals surface area contributed by atoms with Gasteiger partial charge in [0, 0.05) is 35.8 Å². The molecule has 0 atom stereocenters. The summed E-state index contributed by atoms with van der Waals surface area (Å²) in [6.45, 7) is 6.73. The van der Waals surface area contributed by atoms with E-state index in [1.807, 2.05) is 38.1 Å². The van der Waals surface area contributed by atoms with E-state index in [9.17, 15) is 4.79 Å². The Morgan fingerprint density at radius 1 is 1.15 bits per heavy atom. The predicted molar refractivity (Wildman–Crippen MR) is 134 cm³/mol. The highest BCUT2D eigenvalue weighted by molar-refractivity contribution is 7.98. The average molecular weight is 475 g/mol. The second-order valence-electron chi connectivity index (χ2n) is 7.59. The number of aryl methyl sites for hydroxylation is 2. The first-order valence-corrected chi connectivity index (χ1v) is 11.9. The highest BCUT2D eigenvalue weighted by Crippen LogP contribution is 2.27. The van der Waals surface area contributed by atoms with Crippen LogP contribution in [0.5, 0.6) is 5.75 Å². The van der Waals surface area contributed by atoms with E-state index in [1.54, 1.807) is 37.7 Å². The van der Waals surface area contributed by atoms with Crippen LogP contribution in [0.25, 0.3) is 11.0 Å². The van der Waals surface area contributed by atoms with Crippen molar-refractivity contribution in [2.75, 3.05) is 7.11 Å². The number of rotatable bonds is 8. The number of thioether (sulfide) groups is 1. The first kappa shape index (κ1) is 23.4. The highest BCUT2D eigenvalue weighted by atomic mass is 32.2. The zero-order valence-electron chi connectivity index (χ0n) is 19.6. The predicted octanol–water partition coefficient (Wildman–Crippen LogP) is 4.61. The van der Waals surface area contributed by atoms with Crippen molar-refractivity contribution in [2.24, 2.45) is 5.10 Å². The van der Waals surface area contributed by atoms with E-state index >= 15 is 0 Å². The number of amides is 1. The molecule has 0 aliphatic heterocycles. The van der Waals surface area contributed by atoms with Crippen molar-refractivity contribution >= 4 is 34.4 Å². The summed E-state index contributed by atoms with van der Waals surface area (Å²) in [4.78, 5) is 25.8. The van der Waals surface area contributed by atoms with Gasteiger partial charge in [0.25, 0.3) is 5.91 Å². The van der Waals surface area contributed by atoms with Crippen molar-refractivity contribution in [3.8, 4) is 5.75 Å². The smallest absolute Gasteiger partial charge is 0.271 e. The van der Waals surface area contributed by atoms with Gasteiger partial charge < -0.3 is 9.30 Å². The van der Waals surface area contributed by atoms with Gasteiger partial charge in [0.05, 0.1) is 23.9 Å². The third-order valence-corrected chi connectivity index (χ3v) is 6.36. The monoisotopic (exact) mass is 474 g/mol. The van der Waals surface area contributed by atoms with E-state index in [2.05, 4.69) is 37.0 Å². The highest BCUT2D eigenvalue weighted by Gasteiger charge is 2.12. The van der Waals surface area contributed by atoms with Crippen LogP contribution in [0, 0.1) is 6.92 Å². The van der Waals surface area contributed by atoms with Crippen LogP contribution in [-0.4, -0.2) is 38.2 Å². The number of fused-ring (bicyclic) bond motifs is 1. The molecule has 34 heavy (non-hydrogen) atoms. The topological polar surface area (TPSA) is 94.3 Å². The Balaban J connectivity index is 1.49. The Bertz CT molecular complexity index is 1350. The van der Waals surface area contributed by atoms with Crippen LogP contribution in [0.3, 0.4) is 0 Å². The molecule has 4 aromatic rings. The first-order chi connectivity index (χ1) is 16.5. The zero-order chi connectivity index (χ0) is 24.1. The summed E-state index contributed by atoms with van der Waals surface area (Å²) in [5.41, 5.74) is 7.55. The number of ether oxygens (including phenoxy) is 1. The van der Waals surface area contributed by atoms with Gasteiger partial charge in [-0.3, -0.25) is 4.79 Å². The Labute approximate surface area is 202 Å². The van der Waals surface area contributed by atoms with E-state index in [0.717, 1.165) is 40.3 Å². The summed E-state index contributed by atoms with van der Waals surface area (Å²) in [6.07, 6.45) is 3.44. The molecule has 0 bridgehead atoms. The molecule has 0 aliphatic rings. The van der Waals surface area contributed by atoms with Gasteiger partial charge in [-0.05, 0) is 68.8 Å². The van der Waals surface area contributed by atoms with Crippen LogP contribution >= 0.6 is 11.8 Å². The number of methoxy groups -OCH3 is 1. The quantitative estimate of drug-likeness (QED) is 0.173. The Hall–Kier alpha value is -3.72. The van der Waals surface area contributed by atoms with Gasteiger partial charge in [0.1, 0.15) is 11.6 Å². The molecule has 0 saturated carbocycles. The van der Waals surface area contributed by atoms with Gasteiger partial charge in [-0.1, -0.05) is 11.8 Å². The van der Waals surface area contributed by atoms with Crippen molar-refractivity contribution in [3.05, 3.63) is 77.4 Å². The summed E-state index contributed by atoms with van der Waals surface area (Å²) in [7, 11) is 1.64. The SMILES string of the molecule is CCn1c(C)nc2cc(C(=O)N/N=C(/C)c3ccc(OC)c(CSc4ncccn4)c3)ccc21. The summed E-state index contributed by atoms with van der Waals surface area (Å²) in [5, 5.41) is 5.02. The number of nitrogens with one attached hydrogen (secondary N) is 1. The molecule has 2 aromatic carbocycles. The van der Waals surface area contributed by atoms with Crippen molar-refractivity contribution in [1.82, 2.24) is 24.9 Å². The number of hydrogen-bond acceptors (Lipinski definition) is 7. The molecule has 174 valence electrons. The minimum atomic E-state index is -0.282. The largest absolute Gasteiger partial charge is 0.496 e. The van der Waals surface area contributed by atoms with E-state index in [4.69, 9.17) is 4.74 Å². The number of aromatic nitrogens is 4. The number of nitrogens with zero attached hydrogens (tertiary/aromatic N) is 5. The van der Waals surface area contributed by atoms with Crippen LogP contribution in [0.4, 0.5) is 0 Å². The molecule has 2 heterocycles. The lowest BCUT2D eigenvalue weighted by molar-refractivity contribution is 0.0955. The summed E-state index contributed by atoms with van der Waals surface area (Å²) in [6, 6.07) is 13.1. The zero-order valence-corrected chi connectivity index (χ0v) is 20.4. The van der Waals surface area contributed by atoms with Gasteiger partial charge in [0.15, 0.2) is 5.16 Å². The maximum Gasteiger partial charge on any atom is 0.271 e. The molecule has 0 unspecified atom stereocenters. The lowest BCUT2D eigenvalue weighted by atomic mass is 10.1. The van der Waals surface area contributed by atoms with E-state index in [1.165, 1.54) is 11.8 Å². The number of carbonyl (C=O) groups excluding carboxylic acids is 1. The maximum atomic E-state index is 12.7. The molecule has 2 aromatic heterocycles. The fourth-order valence-corrected chi connectivity index (χ4v) is 4.45. The van der Waals surface area contributed by atoms with Crippen molar-refractivity contribution in [1.29, 1.82) is 0 Å². The molecule has 0 radical (unpaired) electrons. The number of hydrazone groups is 1. The maximum absolute atomic E-state index is 12.7. The Morgan fingerprint density at radius 2 is 1.91 bits per heavy atom. The van der Waals surface area contributed by atoms with Gasteiger partial charge >= 0.3 is 0 Å². The lowest BCUT2D eigenvalue weighted by Gasteiger charge is -2.10. The van der Waals surface area contributed by atoms with Crippen LogP contribution in [0.2, 0.25) is 0 Å². The number of carbonyl (C=O) groups is 1. The Kier molecular flexibility index (Phi) is 7.22. The molecule has 8 nitrogen and oxygen atoms in total. The molecular weight excluding hydrogens is 448 g/mol. The number of benzene rings is 2.